The smallest absolute Gasteiger partial charge is 0.423 e. The molecule has 19 heteroatoms. The Labute approximate surface area is 282 Å². The summed E-state index contributed by atoms with van der Waals surface area (Å²) in [6.45, 7) is 0.488. The Morgan fingerprint density at radius 2 is 1.06 bits per heavy atom. The number of urea groups is 2. The minimum atomic E-state index is -4.89. The van der Waals surface area contributed by atoms with Gasteiger partial charge in [0.2, 0.25) is 23.6 Å². The minimum absolute atomic E-state index is 0.0916. The monoisotopic (exact) mass is 700 g/mol. The van der Waals surface area contributed by atoms with Crippen molar-refractivity contribution < 1.29 is 35.4 Å². The molecule has 4 N–H and O–H groups in total. The van der Waals surface area contributed by atoms with Crippen molar-refractivity contribution in [2.75, 3.05) is 13.1 Å². The largest absolute Gasteiger partial charge is 0.442 e. The standard InChI is InChI=1S/C30H40N10O8S/c31-17-3-1-15(9-17)23-33-35-25(45-23)19-11-29(5-6-29)21-13-37(19)27(41)39(21)47-49(43,44)48-40-22-14-38(28(40)42)20(12-30(22)7-8-30)26-36-34-24(46-26)16-2-4-18(32)10-16/h15-22H,1-14,31-32H2/t15-,16-,17+,18+,19+,20+,21+,22+/m1/s1. The molecule has 8 aliphatic rings. The molecule has 2 aromatic rings. The second-order valence-electron chi connectivity index (χ2n) is 15.8. The zero-order chi connectivity index (χ0) is 33.4. The highest BCUT2D eigenvalue weighted by atomic mass is 32.3. The average Bonchev–Trinajstić information content (AvgIpc) is 3.52. The molecule has 4 amide bonds. The molecule has 2 spiro atoms. The molecule has 8 atom stereocenters. The van der Waals surface area contributed by atoms with E-state index < -0.39 is 46.6 Å². The summed E-state index contributed by atoms with van der Waals surface area (Å²) in [6, 6.07) is -3.08. The number of aromatic nitrogens is 4. The number of amides is 4. The van der Waals surface area contributed by atoms with E-state index >= 15 is 0 Å². The van der Waals surface area contributed by atoms with Crippen molar-refractivity contribution in [3.8, 4) is 0 Å². The number of hydrogen-bond donors (Lipinski definition) is 2. The second kappa shape index (κ2) is 10.3. The van der Waals surface area contributed by atoms with Crippen molar-refractivity contribution in [1.82, 2.24) is 40.3 Å². The molecule has 0 aromatic carbocycles. The van der Waals surface area contributed by atoms with Crippen LogP contribution in [0.5, 0.6) is 0 Å². The molecule has 264 valence electrons. The van der Waals surface area contributed by atoms with Crippen LogP contribution in [0.4, 0.5) is 9.59 Å². The van der Waals surface area contributed by atoms with E-state index in [-0.39, 0.29) is 47.8 Å². The highest BCUT2D eigenvalue weighted by Crippen LogP contribution is 2.63. The Balaban J connectivity index is 0.855. The first-order chi connectivity index (χ1) is 23.5. The van der Waals surface area contributed by atoms with Crippen LogP contribution in [0, 0.1) is 10.8 Å². The molecule has 4 saturated heterocycles. The van der Waals surface area contributed by atoms with Crippen molar-refractivity contribution in [1.29, 1.82) is 0 Å². The summed E-state index contributed by atoms with van der Waals surface area (Å²) in [4.78, 5) is 30.6. The van der Waals surface area contributed by atoms with Crippen molar-refractivity contribution in [3.05, 3.63) is 23.6 Å². The summed E-state index contributed by atoms with van der Waals surface area (Å²) in [6.07, 6.45) is 9.35. The normalized spacial score (nSPS) is 37.0. The Bertz CT molecular complexity index is 1690. The summed E-state index contributed by atoms with van der Waals surface area (Å²) in [7, 11) is -4.89. The number of fused-ring (bicyclic) bond motifs is 6. The fourth-order valence-electron chi connectivity index (χ4n) is 9.65. The van der Waals surface area contributed by atoms with Crippen LogP contribution in [0.25, 0.3) is 0 Å². The zero-order valence-electron chi connectivity index (χ0n) is 26.9. The van der Waals surface area contributed by atoms with E-state index in [1.807, 2.05) is 0 Å². The zero-order valence-corrected chi connectivity index (χ0v) is 27.7. The summed E-state index contributed by atoms with van der Waals surface area (Å²) in [5, 5.41) is 19.0. The first-order valence-corrected chi connectivity index (χ1v) is 18.9. The van der Waals surface area contributed by atoms with Crippen molar-refractivity contribution >= 4 is 22.5 Å². The predicted octanol–water partition coefficient (Wildman–Crippen LogP) is 2.11. The number of nitrogens with two attached hydrogens (primary N) is 2. The van der Waals surface area contributed by atoms with Gasteiger partial charge in [0.1, 0.15) is 12.1 Å². The predicted molar refractivity (Wildman–Crippen MR) is 162 cm³/mol. The maximum atomic E-state index is 13.8. The van der Waals surface area contributed by atoms with E-state index in [1.165, 1.54) is 9.80 Å². The number of hydrogen-bond acceptors (Lipinski definition) is 14. The lowest BCUT2D eigenvalue weighted by Crippen LogP contribution is -2.45. The van der Waals surface area contributed by atoms with Crippen LogP contribution in [-0.2, 0) is 19.0 Å². The number of carbonyl (C=O) groups is 2. The van der Waals surface area contributed by atoms with Gasteiger partial charge in [0.25, 0.3) is 0 Å². The Hall–Kier alpha value is -3.39. The number of hydroxylamine groups is 4. The van der Waals surface area contributed by atoms with Crippen LogP contribution in [0.2, 0.25) is 0 Å². The van der Waals surface area contributed by atoms with Crippen molar-refractivity contribution in [2.24, 2.45) is 22.3 Å². The maximum absolute atomic E-state index is 13.8. The maximum Gasteiger partial charge on any atom is 0.442 e. The van der Waals surface area contributed by atoms with Crippen LogP contribution in [0.1, 0.15) is 125 Å². The first kappa shape index (κ1) is 30.4. The number of carbonyl (C=O) groups excluding carboxylic acids is 2. The lowest BCUT2D eigenvalue weighted by atomic mass is 9.85. The van der Waals surface area contributed by atoms with Gasteiger partial charge in [-0.3, -0.25) is 0 Å². The average molecular weight is 701 g/mol. The van der Waals surface area contributed by atoms with Gasteiger partial charge in [-0.2, -0.15) is 18.5 Å². The molecule has 4 aliphatic heterocycles. The second-order valence-corrected chi connectivity index (χ2v) is 16.9. The third-order valence-corrected chi connectivity index (χ3v) is 13.5. The van der Waals surface area contributed by atoms with Crippen molar-refractivity contribution in [2.45, 2.75) is 125 Å². The molecule has 4 saturated carbocycles. The van der Waals surface area contributed by atoms with Crippen LogP contribution in [-0.4, -0.2) is 98.1 Å². The number of nitrogens with zero attached hydrogens (tertiary/aromatic N) is 8. The highest BCUT2D eigenvalue weighted by Gasteiger charge is 2.67. The summed E-state index contributed by atoms with van der Waals surface area (Å²) in [5.41, 5.74) is 11.5. The molecule has 0 unspecified atom stereocenters. The lowest BCUT2D eigenvalue weighted by molar-refractivity contribution is -0.101. The Kier molecular flexibility index (Phi) is 6.42. The summed E-state index contributed by atoms with van der Waals surface area (Å²) < 4.78 is 50.2. The molecule has 8 fully saturated rings. The van der Waals surface area contributed by atoms with Crippen LogP contribution >= 0.6 is 0 Å². The Morgan fingerprint density at radius 3 is 1.43 bits per heavy atom. The van der Waals surface area contributed by atoms with E-state index in [2.05, 4.69) is 20.4 Å². The van der Waals surface area contributed by atoms with Gasteiger partial charge in [0, 0.05) is 37.0 Å². The number of rotatable bonds is 8. The first-order valence-electron chi connectivity index (χ1n) is 17.5. The van der Waals surface area contributed by atoms with Crippen LogP contribution < -0.4 is 11.5 Å². The van der Waals surface area contributed by atoms with Crippen LogP contribution in [0.15, 0.2) is 8.83 Å². The lowest BCUT2D eigenvalue weighted by Gasteiger charge is -2.35. The van der Waals surface area contributed by atoms with Gasteiger partial charge in [0.05, 0.1) is 12.1 Å². The quantitative estimate of drug-likeness (QED) is 0.402. The van der Waals surface area contributed by atoms with E-state index in [0.717, 1.165) is 74.3 Å². The summed E-state index contributed by atoms with van der Waals surface area (Å²) in [5.74, 6) is 1.90. The topological polar surface area (TPSA) is 230 Å². The van der Waals surface area contributed by atoms with E-state index in [4.69, 9.17) is 28.9 Å². The van der Waals surface area contributed by atoms with Gasteiger partial charge in [-0.1, -0.05) is 0 Å². The van der Waals surface area contributed by atoms with Gasteiger partial charge in [-0.15, -0.1) is 29.0 Å². The fraction of sp³-hybridized carbons (Fsp3) is 0.800. The fourth-order valence-corrected chi connectivity index (χ4v) is 10.4. The molecule has 4 aliphatic carbocycles. The molecule has 6 heterocycles. The number of piperidine rings is 2. The van der Waals surface area contributed by atoms with Gasteiger partial charge >= 0.3 is 22.5 Å². The Morgan fingerprint density at radius 1 is 0.653 bits per heavy atom. The highest BCUT2D eigenvalue weighted by molar-refractivity contribution is 7.81. The van der Waals surface area contributed by atoms with E-state index in [1.54, 1.807) is 0 Å². The third kappa shape index (κ3) is 4.75. The third-order valence-electron chi connectivity index (χ3n) is 12.8. The SMILES string of the molecule is N[C@H]1CC[C@@H](c2nnc([C@@H]3CC4(CC4)[C@@H]4CN3C(=O)N4OS(=O)(=O)ON3C(=O)N4C[C@H]3C3(CC3)C[C@H]4c3nnc([C@@H]4CC[C@H](N)C4)o3)o2)C1. The molecule has 10 rings (SSSR count). The van der Waals surface area contributed by atoms with Crippen LogP contribution in [0.3, 0.4) is 0 Å². The molecular formula is C30H40N10O8S. The molecule has 18 nitrogen and oxygen atoms in total. The van der Waals surface area contributed by atoms with E-state index in [9.17, 15) is 18.0 Å². The molecule has 49 heavy (non-hydrogen) atoms. The van der Waals surface area contributed by atoms with Crippen molar-refractivity contribution in [3.63, 3.8) is 0 Å². The molecule has 0 radical (unpaired) electrons. The minimum Gasteiger partial charge on any atom is -0.423 e. The van der Waals surface area contributed by atoms with Gasteiger partial charge in [-0.05, 0) is 87.9 Å². The van der Waals surface area contributed by atoms with Gasteiger partial charge in [0.15, 0.2) is 0 Å². The molecule has 2 aromatic heterocycles. The van der Waals surface area contributed by atoms with Gasteiger partial charge in [-0.25, -0.2) is 9.59 Å². The van der Waals surface area contributed by atoms with Gasteiger partial charge < -0.3 is 30.1 Å². The van der Waals surface area contributed by atoms with E-state index in [0.29, 0.717) is 36.4 Å². The summed E-state index contributed by atoms with van der Waals surface area (Å²) >= 11 is 0. The molecular weight excluding hydrogens is 660 g/mol. The molecule has 4 bridgehead atoms.